The zero-order valence-electron chi connectivity index (χ0n) is 12.0. The molecule has 2 rings (SSSR count). The minimum Gasteiger partial charge on any atom is -0.493 e. The van der Waals surface area contributed by atoms with Gasteiger partial charge in [0.1, 0.15) is 0 Å². The van der Waals surface area contributed by atoms with Crippen LogP contribution in [0.15, 0.2) is 18.2 Å². The van der Waals surface area contributed by atoms with Gasteiger partial charge in [-0.2, -0.15) is 0 Å². The van der Waals surface area contributed by atoms with Crippen molar-refractivity contribution in [3.8, 4) is 11.5 Å². The number of hydrogen-bond acceptors (Lipinski definition) is 3. The van der Waals surface area contributed by atoms with Crippen LogP contribution in [0.5, 0.6) is 11.5 Å². The van der Waals surface area contributed by atoms with Crippen molar-refractivity contribution in [2.24, 2.45) is 5.73 Å². The van der Waals surface area contributed by atoms with E-state index in [4.69, 9.17) is 15.2 Å². The van der Waals surface area contributed by atoms with Gasteiger partial charge < -0.3 is 15.2 Å². The number of hydrogen-bond donors (Lipinski definition) is 1. The molecule has 1 aromatic rings. The molecule has 3 nitrogen and oxygen atoms in total. The van der Waals surface area contributed by atoms with Gasteiger partial charge >= 0.3 is 0 Å². The standard InChI is InChI=1S/C16H25NO2/c1-12(9-10-17)13-7-8-15(18-2)16(11-13)19-14-5-3-4-6-14/h7-8,11-12,14H,3-6,9-10,17H2,1-2H3. The highest BCUT2D eigenvalue weighted by Crippen LogP contribution is 2.34. The van der Waals surface area contributed by atoms with Crippen molar-refractivity contribution >= 4 is 0 Å². The summed E-state index contributed by atoms with van der Waals surface area (Å²) in [6.45, 7) is 2.92. The van der Waals surface area contributed by atoms with Crippen LogP contribution in [0.4, 0.5) is 0 Å². The second-order valence-electron chi connectivity index (χ2n) is 5.41. The largest absolute Gasteiger partial charge is 0.493 e. The van der Waals surface area contributed by atoms with Crippen molar-refractivity contribution in [2.45, 2.75) is 51.0 Å². The summed E-state index contributed by atoms with van der Waals surface area (Å²) < 4.78 is 11.5. The third-order valence-corrected chi connectivity index (χ3v) is 3.95. The number of rotatable bonds is 6. The van der Waals surface area contributed by atoms with Crippen LogP contribution >= 0.6 is 0 Å². The van der Waals surface area contributed by atoms with E-state index in [0.717, 1.165) is 30.8 Å². The summed E-state index contributed by atoms with van der Waals surface area (Å²) in [6, 6.07) is 6.24. The van der Waals surface area contributed by atoms with Crippen molar-refractivity contribution < 1.29 is 9.47 Å². The molecule has 0 heterocycles. The zero-order valence-corrected chi connectivity index (χ0v) is 12.0. The normalized spacial score (nSPS) is 17.4. The fourth-order valence-corrected chi connectivity index (χ4v) is 2.69. The number of methoxy groups -OCH3 is 1. The van der Waals surface area contributed by atoms with Gasteiger partial charge in [-0.1, -0.05) is 13.0 Å². The first-order valence-electron chi connectivity index (χ1n) is 7.29. The molecule has 0 bridgehead atoms. The van der Waals surface area contributed by atoms with Crippen LogP contribution in [-0.2, 0) is 0 Å². The van der Waals surface area contributed by atoms with E-state index in [-0.39, 0.29) is 0 Å². The zero-order chi connectivity index (χ0) is 13.7. The molecular weight excluding hydrogens is 238 g/mol. The SMILES string of the molecule is COc1ccc(C(C)CCN)cc1OC1CCCC1. The topological polar surface area (TPSA) is 44.5 Å². The molecule has 3 heteroatoms. The van der Waals surface area contributed by atoms with Gasteiger partial charge in [0, 0.05) is 0 Å². The molecule has 1 aliphatic carbocycles. The molecule has 1 saturated carbocycles. The van der Waals surface area contributed by atoms with Crippen molar-refractivity contribution in [3.05, 3.63) is 23.8 Å². The first-order valence-corrected chi connectivity index (χ1v) is 7.29. The van der Waals surface area contributed by atoms with Crippen LogP contribution < -0.4 is 15.2 Å². The van der Waals surface area contributed by atoms with E-state index in [1.807, 2.05) is 6.07 Å². The smallest absolute Gasteiger partial charge is 0.161 e. The third-order valence-electron chi connectivity index (χ3n) is 3.95. The van der Waals surface area contributed by atoms with E-state index in [0.29, 0.717) is 18.6 Å². The minimum atomic E-state index is 0.356. The summed E-state index contributed by atoms with van der Waals surface area (Å²) in [7, 11) is 1.69. The minimum absolute atomic E-state index is 0.356. The molecule has 1 atom stereocenters. The van der Waals surface area contributed by atoms with Gasteiger partial charge in [0.15, 0.2) is 11.5 Å². The van der Waals surface area contributed by atoms with Crippen molar-refractivity contribution in [3.63, 3.8) is 0 Å². The molecule has 1 aromatic carbocycles. The van der Waals surface area contributed by atoms with Crippen LogP contribution in [0.3, 0.4) is 0 Å². The van der Waals surface area contributed by atoms with Gasteiger partial charge in [0.2, 0.25) is 0 Å². The quantitative estimate of drug-likeness (QED) is 0.854. The lowest BCUT2D eigenvalue weighted by Gasteiger charge is -2.18. The first kappa shape index (κ1) is 14.2. The molecule has 0 aromatic heterocycles. The Labute approximate surface area is 116 Å². The highest BCUT2D eigenvalue weighted by molar-refractivity contribution is 5.44. The summed E-state index contributed by atoms with van der Waals surface area (Å²) in [5.41, 5.74) is 6.91. The van der Waals surface area contributed by atoms with E-state index < -0.39 is 0 Å². The number of benzene rings is 1. The number of nitrogens with two attached hydrogens (primary N) is 1. The molecule has 1 unspecified atom stereocenters. The van der Waals surface area contributed by atoms with Gasteiger partial charge in [-0.05, 0) is 62.3 Å². The van der Waals surface area contributed by atoms with E-state index in [9.17, 15) is 0 Å². The maximum absolute atomic E-state index is 6.11. The Kier molecular flexibility index (Phi) is 5.08. The Morgan fingerprint density at radius 1 is 1.26 bits per heavy atom. The molecule has 0 saturated heterocycles. The molecular formula is C16H25NO2. The third kappa shape index (κ3) is 3.63. The lowest BCUT2D eigenvalue weighted by Crippen LogP contribution is -2.12. The second kappa shape index (κ2) is 6.80. The van der Waals surface area contributed by atoms with Crippen LogP contribution in [0.25, 0.3) is 0 Å². The van der Waals surface area contributed by atoms with Crippen LogP contribution in [0.2, 0.25) is 0 Å². The van der Waals surface area contributed by atoms with Crippen molar-refractivity contribution in [1.29, 1.82) is 0 Å². The fourth-order valence-electron chi connectivity index (χ4n) is 2.69. The van der Waals surface area contributed by atoms with Gasteiger partial charge in [-0.3, -0.25) is 0 Å². The molecule has 0 aliphatic heterocycles. The molecule has 0 spiro atoms. The predicted molar refractivity (Wildman–Crippen MR) is 78.0 cm³/mol. The Morgan fingerprint density at radius 3 is 2.63 bits per heavy atom. The molecule has 1 fully saturated rings. The maximum atomic E-state index is 6.11. The molecule has 19 heavy (non-hydrogen) atoms. The van der Waals surface area contributed by atoms with Crippen LogP contribution in [0.1, 0.15) is 50.5 Å². The highest BCUT2D eigenvalue weighted by Gasteiger charge is 2.19. The molecule has 106 valence electrons. The van der Waals surface area contributed by atoms with Crippen LogP contribution in [0, 0.1) is 0 Å². The Balaban J connectivity index is 2.15. The molecule has 0 radical (unpaired) electrons. The first-order chi connectivity index (χ1) is 9.24. The van der Waals surface area contributed by atoms with Gasteiger partial charge in [-0.15, -0.1) is 0 Å². The lowest BCUT2D eigenvalue weighted by molar-refractivity contribution is 0.200. The molecule has 1 aliphatic rings. The number of ether oxygens (including phenoxy) is 2. The average Bonchev–Trinajstić information content (AvgIpc) is 2.92. The van der Waals surface area contributed by atoms with Gasteiger partial charge in [0.05, 0.1) is 13.2 Å². The average molecular weight is 263 g/mol. The Bertz CT molecular complexity index is 400. The lowest BCUT2D eigenvalue weighted by atomic mass is 9.97. The summed E-state index contributed by atoms with van der Waals surface area (Å²) in [6.07, 6.45) is 6.22. The molecule has 2 N–H and O–H groups in total. The predicted octanol–water partition coefficient (Wildman–Crippen LogP) is 3.47. The summed E-state index contributed by atoms with van der Waals surface area (Å²) in [5.74, 6) is 2.17. The summed E-state index contributed by atoms with van der Waals surface area (Å²) in [5, 5.41) is 0. The Morgan fingerprint density at radius 2 is 2.00 bits per heavy atom. The van der Waals surface area contributed by atoms with E-state index in [1.54, 1.807) is 7.11 Å². The summed E-state index contributed by atoms with van der Waals surface area (Å²) >= 11 is 0. The van der Waals surface area contributed by atoms with Crippen molar-refractivity contribution in [1.82, 2.24) is 0 Å². The van der Waals surface area contributed by atoms with E-state index in [2.05, 4.69) is 19.1 Å². The Hall–Kier alpha value is -1.22. The second-order valence-corrected chi connectivity index (χ2v) is 5.41. The van der Waals surface area contributed by atoms with Gasteiger partial charge in [-0.25, -0.2) is 0 Å². The van der Waals surface area contributed by atoms with E-state index >= 15 is 0 Å². The van der Waals surface area contributed by atoms with Gasteiger partial charge in [0.25, 0.3) is 0 Å². The van der Waals surface area contributed by atoms with Crippen molar-refractivity contribution in [2.75, 3.05) is 13.7 Å². The highest BCUT2D eigenvalue weighted by atomic mass is 16.5. The molecule has 0 amide bonds. The van der Waals surface area contributed by atoms with E-state index in [1.165, 1.54) is 18.4 Å². The fraction of sp³-hybridized carbons (Fsp3) is 0.625. The van der Waals surface area contributed by atoms with Crippen LogP contribution in [-0.4, -0.2) is 19.8 Å². The summed E-state index contributed by atoms with van der Waals surface area (Å²) in [4.78, 5) is 0. The monoisotopic (exact) mass is 263 g/mol. The maximum Gasteiger partial charge on any atom is 0.161 e.